The molecule has 0 heterocycles. The lowest BCUT2D eigenvalue weighted by atomic mass is 9.58. The number of hydrogen-bond donors (Lipinski definition) is 2. The van der Waals surface area contributed by atoms with E-state index in [2.05, 4.69) is 0 Å². The van der Waals surface area contributed by atoms with Crippen molar-refractivity contribution in [3.8, 4) is 0 Å². The third-order valence-electron chi connectivity index (χ3n) is 5.43. The Morgan fingerprint density at radius 3 is 1.38 bits per heavy atom. The summed E-state index contributed by atoms with van der Waals surface area (Å²) < 4.78 is 0. The minimum absolute atomic E-state index is 0.126. The van der Waals surface area contributed by atoms with Gasteiger partial charge in [0.2, 0.25) is 0 Å². The summed E-state index contributed by atoms with van der Waals surface area (Å²) in [6, 6.07) is 19.9. The van der Waals surface area contributed by atoms with Crippen LogP contribution in [0.1, 0.15) is 36.8 Å². The van der Waals surface area contributed by atoms with Crippen LogP contribution in [0.4, 0.5) is 0 Å². The first kappa shape index (κ1) is 16.2. The van der Waals surface area contributed by atoms with E-state index in [0.717, 1.165) is 11.1 Å². The number of benzene rings is 2. The summed E-state index contributed by atoms with van der Waals surface area (Å²) in [4.78, 5) is 23.2. The summed E-state index contributed by atoms with van der Waals surface area (Å²) in [5, 5.41) is 19.0. The van der Waals surface area contributed by atoms with Crippen LogP contribution in [0.5, 0.6) is 0 Å². The van der Waals surface area contributed by atoms with Gasteiger partial charge >= 0.3 is 11.9 Å². The Labute approximate surface area is 140 Å². The molecule has 2 aromatic rings. The van der Waals surface area contributed by atoms with E-state index in [0.29, 0.717) is 12.8 Å². The van der Waals surface area contributed by atoms with E-state index in [1.165, 1.54) is 0 Å². The van der Waals surface area contributed by atoms with E-state index < -0.39 is 17.4 Å². The average molecular weight is 324 g/mol. The number of carboxylic acid groups (broad SMARTS) is 2. The van der Waals surface area contributed by atoms with Gasteiger partial charge < -0.3 is 10.2 Å². The van der Waals surface area contributed by atoms with Crippen molar-refractivity contribution in [3.63, 3.8) is 0 Å². The van der Waals surface area contributed by atoms with Gasteiger partial charge in [-0.05, 0) is 36.8 Å². The van der Waals surface area contributed by atoms with E-state index >= 15 is 0 Å². The smallest absolute Gasteiger partial charge is 0.321 e. The van der Waals surface area contributed by atoms with Gasteiger partial charge in [0.15, 0.2) is 5.41 Å². The second-order valence-electron chi connectivity index (χ2n) is 6.51. The minimum Gasteiger partial charge on any atom is -0.480 e. The molecule has 0 unspecified atom stereocenters. The summed E-state index contributed by atoms with van der Waals surface area (Å²) in [5.41, 5.74) is 0.213. The lowest BCUT2D eigenvalue weighted by Gasteiger charge is -2.43. The molecule has 0 bridgehead atoms. The normalized spacial score (nSPS) is 18.7. The molecular formula is C20H20O4. The number of hydrogen-bond acceptors (Lipinski definition) is 2. The second kappa shape index (κ2) is 6.11. The van der Waals surface area contributed by atoms with Crippen molar-refractivity contribution in [2.45, 2.75) is 31.1 Å². The number of rotatable bonds is 4. The van der Waals surface area contributed by atoms with Crippen LogP contribution in [0.25, 0.3) is 0 Å². The van der Waals surface area contributed by atoms with Crippen LogP contribution < -0.4 is 0 Å². The van der Waals surface area contributed by atoms with Gasteiger partial charge in [-0.25, -0.2) is 0 Å². The third kappa shape index (κ3) is 2.48. The standard InChI is InChI=1S/C20H20O4/c21-17(22)20(18(23)24)13-11-19(12-14-20,15-7-3-1-4-8-15)16-9-5-2-6-10-16/h1-10H,11-14H2,(H,21,22)(H,23,24). The van der Waals surface area contributed by atoms with Gasteiger partial charge in [0.05, 0.1) is 0 Å². The molecule has 0 radical (unpaired) electrons. The Balaban J connectivity index is 2.05. The molecule has 3 rings (SSSR count). The molecule has 1 aliphatic carbocycles. The molecule has 0 aliphatic heterocycles. The number of aliphatic carboxylic acids is 2. The predicted octanol–water partition coefficient (Wildman–Crippen LogP) is 3.70. The molecule has 0 atom stereocenters. The summed E-state index contributed by atoms with van der Waals surface area (Å²) in [6.07, 6.45) is 1.25. The maximum Gasteiger partial charge on any atom is 0.321 e. The fourth-order valence-electron chi connectivity index (χ4n) is 3.88. The Bertz CT molecular complexity index is 671. The largest absolute Gasteiger partial charge is 0.480 e. The molecule has 2 aromatic carbocycles. The van der Waals surface area contributed by atoms with Crippen LogP contribution in [0.2, 0.25) is 0 Å². The van der Waals surface area contributed by atoms with Gasteiger partial charge in [-0.3, -0.25) is 9.59 Å². The van der Waals surface area contributed by atoms with Gasteiger partial charge in [-0.2, -0.15) is 0 Å². The van der Waals surface area contributed by atoms with Gasteiger partial charge in [-0.15, -0.1) is 0 Å². The lowest BCUT2D eigenvalue weighted by Crippen LogP contribution is -2.46. The van der Waals surface area contributed by atoms with Crippen molar-refractivity contribution >= 4 is 11.9 Å². The van der Waals surface area contributed by atoms with Crippen LogP contribution >= 0.6 is 0 Å². The van der Waals surface area contributed by atoms with Gasteiger partial charge in [0.1, 0.15) is 0 Å². The molecule has 0 amide bonds. The van der Waals surface area contributed by atoms with Gasteiger partial charge in [-0.1, -0.05) is 60.7 Å². The highest BCUT2D eigenvalue weighted by Crippen LogP contribution is 2.50. The SMILES string of the molecule is O=C(O)C1(C(=O)O)CCC(c2ccccc2)(c2ccccc2)CC1. The Kier molecular flexibility index (Phi) is 4.14. The van der Waals surface area contributed by atoms with Crippen molar-refractivity contribution in [2.75, 3.05) is 0 Å². The molecule has 1 fully saturated rings. The summed E-state index contributed by atoms with van der Waals surface area (Å²) in [5.74, 6) is -2.46. The second-order valence-corrected chi connectivity index (χ2v) is 6.51. The van der Waals surface area contributed by atoms with Crippen LogP contribution in [0.3, 0.4) is 0 Å². The van der Waals surface area contributed by atoms with Crippen molar-refractivity contribution < 1.29 is 19.8 Å². The first-order chi connectivity index (χ1) is 11.5. The third-order valence-corrected chi connectivity index (χ3v) is 5.43. The van der Waals surface area contributed by atoms with E-state index in [1.807, 2.05) is 60.7 Å². The maximum absolute atomic E-state index is 11.6. The van der Waals surface area contributed by atoms with Crippen molar-refractivity contribution in [1.29, 1.82) is 0 Å². The zero-order chi connectivity index (χ0) is 17.2. The van der Waals surface area contributed by atoms with Crippen LogP contribution in [0.15, 0.2) is 60.7 Å². The van der Waals surface area contributed by atoms with Crippen LogP contribution in [-0.4, -0.2) is 22.2 Å². The van der Waals surface area contributed by atoms with Crippen LogP contribution in [0, 0.1) is 5.41 Å². The summed E-state index contributed by atoms with van der Waals surface area (Å²) in [6.45, 7) is 0. The number of carbonyl (C=O) groups is 2. The summed E-state index contributed by atoms with van der Waals surface area (Å²) >= 11 is 0. The zero-order valence-electron chi connectivity index (χ0n) is 13.3. The summed E-state index contributed by atoms with van der Waals surface area (Å²) in [7, 11) is 0. The zero-order valence-corrected chi connectivity index (χ0v) is 13.3. The van der Waals surface area contributed by atoms with Crippen molar-refractivity contribution in [1.82, 2.24) is 0 Å². The highest BCUT2D eigenvalue weighted by atomic mass is 16.4. The molecule has 4 nitrogen and oxygen atoms in total. The quantitative estimate of drug-likeness (QED) is 0.841. The highest BCUT2D eigenvalue weighted by Gasteiger charge is 2.53. The maximum atomic E-state index is 11.6. The molecule has 1 saturated carbocycles. The molecule has 0 saturated heterocycles. The van der Waals surface area contributed by atoms with E-state index in [-0.39, 0.29) is 18.3 Å². The lowest BCUT2D eigenvalue weighted by molar-refractivity contribution is -0.168. The molecule has 2 N–H and O–H groups in total. The first-order valence-electron chi connectivity index (χ1n) is 8.09. The van der Waals surface area contributed by atoms with Crippen LogP contribution in [-0.2, 0) is 15.0 Å². The Hall–Kier alpha value is -2.62. The fourth-order valence-corrected chi connectivity index (χ4v) is 3.88. The first-order valence-corrected chi connectivity index (χ1v) is 8.09. The molecule has 24 heavy (non-hydrogen) atoms. The number of carboxylic acids is 2. The Morgan fingerprint density at radius 1 is 0.667 bits per heavy atom. The van der Waals surface area contributed by atoms with Crippen molar-refractivity contribution in [2.24, 2.45) is 5.41 Å². The van der Waals surface area contributed by atoms with Gasteiger partial charge in [0.25, 0.3) is 0 Å². The van der Waals surface area contributed by atoms with Gasteiger partial charge in [0, 0.05) is 5.41 Å². The molecule has 0 aromatic heterocycles. The van der Waals surface area contributed by atoms with E-state index in [4.69, 9.17) is 0 Å². The molecule has 124 valence electrons. The Morgan fingerprint density at radius 2 is 1.04 bits per heavy atom. The monoisotopic (exact) mass is 324 g/mol. The molecular weight excluding hydrogens is 304 g/mol. The topological polar surface area (TPSA) is 74.6 Å². The van der Waals surface area contributed by atoms with E-state index in [9.17, 15) is 19.8 Å². The predicted molar refractivity (Wildman–Crippen MR) is 89.8 cm³/mol. The van der Waals surface area contributed by atoms with E-state index in [1.54, 1.807) is 0 Å². The van der Waals surface area contributed by atoms with Crippen molar-refractivity contribution in [3.05, 3.63) is 71.8 Å². The molecule has 1 aliphatic rings. The molecule has 4 heteroatoms. The fraction of sp³-hybridized carbons (Fsp3) is 0.300. The average Bonchev–Trinajstić information content (AvgIpc) is 2.63. The minimum atomic E-state index is -1.67. The highest BCUT2D eigenvalue weighted by molar-refractivity contribution is 5.98. The molecule has 0 spiro atoms.